The second-order valence-corrected chi connectivity index (χ2v) is 11.4. The van der Waals surface area contributed by atoms with E-state index in [1.165, 1.54) is 39.9 Å². The van der Waals surface area contributed by atoms with E-state index in [0.717, 1.165) is 30.4 Å². The van der Waals surface area contributed by atoms with E-state index in [-0.39, 0.29) is 4.90 Å². The largest absolute Gasteiger partial charge is 0.318 e. The summed E-state index contributed by atoms with van der Waals surface area (Å²) in [4.78, 5) is 17.7. The van der Waals surface area contributed by atoms with Crippen LogP contribution in [0.4, 0.5) is 0 Å². The molecule has 1 amide bonds. The molecule has 10 heteroatoms. The number of benzene rings is 2. The highest BCUT2D eigenvalue weighted by atomic mass is 35.5. The molecule has 0 saturated carbocycles. The van der Waals surface area contributed by atoms with Crippen LogP contribution < -0.4 is 4.80 Å². The van der Waals surface area contributed by atoms with Crippen LogP contribution >= 0.6 is 34.5 Å². The van der Waals surface area contributed by atoms with Gasteiger partial charge in [-0.3, -0.25) is 4.79 Å². The normalized spacial score (nSPS) is 12.7. The van der Waals surface area contributed by atoms with Crippen molar-refractivity contribution >= 4 is 60.7 Å². The predicted octanol–water partition coefficient (Wildman–Crippen LogP) is 5.88. The minimum absolute atomic E-state index is 0.181. The van der Waals surface area contributed by atoms with Crippen LogP contribution in [0, 0.1) is 0 Å². The van der Waals surface area contributed by atoms with Gasteiger partial charge in [-0.1, -0.05) is 61.2 Å². The molecule has 0 aliphatic heterocycles. The second-order valence-electron chi connectivity index (χ2n) is 7.70. The fraction of sp³-hybridized carbons (Fsp3) is 0.391. The average molecular weight is 529 g/mol. The number of hydrogen-bond acceptors (Lipinski definition) is 4. The number of nitrogens with zero attached hydrogens (tertiary/aromatic N) is 3. The summed E-state index contributed by atoms with van der Waals surface area (Å²) in [6, 6.07) is 9.51. The van der Waals surface area contributed by atoms with E-state index in [0.29, 0.717) is 39.0 Å². The van der Waals surface area contributed by atoms with Crippen LogP contribution in [0.3, 0.4) is 0 Å². The first kappa shape index (κ1) is 25.9. The number of thiazole rings is 1. The first-order valence-corrected chi connectivity index (χ1v) is 13.8. The summed E-state index contributed by atoms with van der Waals surface area (Å²) in [7, 11) is -1.85. The van der Waals surface area contributed by atoms with Crippen molar-refractivity contribution in [3.63, 3.8) is 0 Å². The zero-order chi connectivity index (χ0) is 24.2. The Labute approximate surface area is 208 Å². The monoisotopic (exact) mass is 527 g/mol. The highest BCUT2D eigenvalue weighted by Crippen LogP contribution is 2.31. The molecule has 3 rings (SSSR count). The summed E-state index contributed by atoms with van der Waals surface area (Å²) in [6.45, 7) is 5.05. The SMILES string of the molecule is CCCCN(CCCC)S(=O)(=O)c1ccc(C(=O)N=c2sc3ccc(Cl)c(Cl)c3n2C)cc1. The lowest BCUT2D eigenvalue weighted by Crippen LogP contribution is -2.33. The number of amides is 1. The molecule has 0 aliphatic carbocycles. The van der Waals surface area contributed by atoms with E-state index >= 15 is 0 Å². The molecule has 1 aromatic heterocycles. The Bertz CT molecular complexity index is 1310. The van der Waals surface area contributed by atoms with Gasteiger partial charge in [-0.25, -0.2) is 8.42 Å². The lowest BCUT2D eigenvalue weighted by atomic mass is 10.2. The Morgan fingerprint density at radius 1 is 1.03 bits per heavy atom. The van der Waals surface area contributed by atoms with Crippen molar-refractivity contribution in [1.29, 1.82) is 0 Å². The first-order chi connectivity index (χ1) is 15.7. The number of carbonyl (C=O) groups is 1. The Balaban J connectivity index is 1.89. The second kappa shape index (κ2) is 11.1. The van der Waals surface area contributed by atoms with Gasteiger partial charge in [0.1, 0.15) is 0 Å². The van der Waals surface area contributed by atoms with Gasteiger partial charge < -0.3 is 4.57 Å². The first-order valence-electron chi connectivity index (χ1n) is 10.8. The summed E-state index contributed by atoms with van der Waals surface area (Å²) < 4.78 is 30.3. The molecular formula is C23H27Cl2N3O3S2. The Kier molecular flexibility index (Phi) is 8.75. The van der Waals surface area contributed by atoms with E-state index < -0.39 is 15.9 Å². The van der Waals surface area contributed by atoms with Gasteiger partial charge in [-0.2, -0.15) is 9.30 Å². The molecule has 0 bridgehead atoms. The third-order valence-corrected chi connectivity index (χ3v) is 9.12. The highest BCUT2D eigenvalue weighted by molar-refractivity contribution is 7.89. The molecule has 0 unspecified atom stereocenters. The molecule has 178 valence electrons. The molecule has 0 atom stereocenters. The lowest BCUT2D eigenvalue weighted by Gasteiger charge is -2.22. The molecule has 33 heavy (non-hydrogen) atoms. The van der Waals surface area contributed by atoms with Gasteiger partial charge >= 0.3 is 0 Å². The van der Waals surface area contributed by atoms with Gasteiger partial charge in [0.2, 0.25) is 10.0 Å². The van der Waals surface area contributed by atoms with Crippen LogP contribution in [0.5, 0.6) is 0 Å². The van der Waals surface area contributed by atoms with Crippen LogP contribution in [-0.2, 0) is 17.1 Å². The van der Waals surface area contributed by atoms with Crippen LogP contribution in [0.25, 0.3) is 10.2 Å². The molecule has 0 saturated heterocycles. The molecule has 6 nitrogen and oxygen atoms in total. The van der Waals surface area contributed by atoms with E-state index in [1.54, 1.807) is 17.7 Å². The number of aryl methyl sites for hydroxylation is 1. The van der Waals surface area contributed by atoms with E-state index in [2.05, 4.69) is 4.99 Å². The number of rotatable bonds is 9. The van der Waals surface area contributed by atoms with Gasteiger partial charge in [0.05, 0.1) is 25.2 Å². The molecule has 0 radical (unpaired) electrons. The minimum atomic E-state index is -3.62. The van der Waals surface area contributed by atoms with Crippen molar-refractivity contribution in [2.45, 2.75) is 44.4 Å². The van der Waals surface area contributed by atoms with E-state index in [4.69, 9.17) is 23.2 Å². The third kappa shape index (κ3) is 5.69. The van der Waals surface area contributed by atoms with Crippen molar-refractivity contribution in [2.24, 2.45) is 12.0 Å². The van der Waals surface area contributed by atoms with E-state index in [9.17, 15) is 13.2 Å². The fourth-order valence-electron chi connectivity index (χ4n) is 3.37. The number of hydrogen-bond donors (Lipinski definition) is 0. The van der Waals surface area contributed by atoms with Gasteiger partial charge in [0.15, 0.2) is 4.80 Å². The molecule has 0 N–H and O–H groups in total. The predicted molar refractivity (Wildman–Crippen MR) is 136 cm³/mol. The molecule has 0 fully saturated rings. The van der Waals surface area contributed by atoms with Crippen LogP contribution in [-0.4, -0.2) is 36.3 Å². The Morgan fingerprint density at radius 3 is 2.21 bits per heavy atom. The molecule has 2 aromatic carbocycles. The highest BCUT2D eigenvalue weighted by Gasteiger charge is 2.23. The van der Waals surface area contributed by atoms with Gasteiger partial charge in [0, 0.05) is 25.7 Å². The quantitative estimate of drug-likeness (QED) is 0.348. The Hall–Kier alpha value is -1.71. The van der Waals surface area contributed by atoms with Gasteiger partial charge in [-0.15, -0.1) is 0 Å². The minimum Gasteiger partial charge on any atom is -0.318 e. The summed E-state index contributed by atoms with van der Waals surface area (Å²) in [6.07, 6.45) is 3.44. The number of aromatic nitrogens is 1. The molecule has 3 aromatic rings. The molecule has 1 heterocycles. The fourth-order valence-corrected chi connectivity index (χ4v) is 6.41. The maximum absolute atomic E-state index is 13.1. The molecule has 0 aliphatic rings. The van der Waals surface area contributed by atoms with Gasteiger partial charge in [0.25, 0.3) is 5.91 Å². The van der Waals surface area contributed by atoms with Crippen molar-refractivity contribution in [3.8, 4) is 0 Å². The van der Waals surface area contributed by atoms with Crippen LogP contribution in [0.2, 0.25) is 10.0 Å². The smallest absolute Gasteiger partial charge is 0.279 e. The maximum Gasteiger partial charge on any atom is 0.279 e. The number of halogens is 2. The van der Waals surface area contributed by atoms with Crippen molar-refractivity contribution in [1.82, 2.24) is 8.87 Å². The van der Waals surface area contributed by atoms with E-state index in [1.807, 2.05) is 19.9 Å². The summed E-state index contributed by atoms with van der Waals surface area (Å²) in [5.74, 6) is -0.461. The summed E-state index contributed by atoms with van der Waals surface area (Å²) >= 11 is 13.7. The standard InChI is InChI=1S/C23H27Cl2N3O3S2/c1-4-6-14-28(15-7-5-2)33(30,31)17-10-8-16(9-11-17)22(29)26-23-27(3)21-19(32-23)13-12-18(24)20(21)25/h8-13H,4-7,14-15H2,1-3H3. The Morgan fingerprint density at radius 2 is 1.64 bits per heavy atom. The molecule has 0 spiro atoms. The summed E-state index contributed by atoms with van der Waals surface area (Å²) in [5, 5.41) is 0.839. The van der Waals surface area contributed by atoms with Crippen LogP contribution in [0.15, 0.2) is 46.3 Å². The number of sulfonamides is 1. The number of unbranched alkanes of at least 4 members (excludes halogenated alkanes) is 2. The van der Waals surface area contributed by atoms with Gasteiger partial charge in [-0.05, 0) is 49.2 Å². The van der Waals surface area contributed by atoms with Crippen molar-refractivity contribution < 1.29 is 13.2 Å². The van der Waals surface area contributed by atoms with Crippen molar-refractivity contribution in [3.05, 3.63) is 56.8 Å². The topological polar surface area (TPSA) is 71.7 Å². The van der Waals surface area contributed by atoms with Crippen LogP contribution in [0.1, 0.15) is 49.9 Å². The number of carbonyl (C=O) groups excluding carboxylic acids is 1. The third-order valence-electron chi connectivity index (χ3n) is 5.31. The van der Waals surface area contributed by atoms with Crippen molar-refractivity contribution in [2.75, 3.05) is 13.1 Å². The lowest BCUT2D eigenvalue weighted by molar-refractivity contribution is 0.0998. The average Bonchev–Trinajstić information content (AvgIpc) is 3.12. The zero-order valence-corrected chi connectivity index (χ0v) is 22.0. The maximum atomic E-state index is 13.1. The number of fused-ring (bicyclic) bond motifs is 1. The molecular weight excluding hydrogens is 501 g/mol. The zero-order valence-electron chi connectivity index (χ0n) is 18.8. The summed E-state index contributed by atoms with van der Waals surface area (Å²) in [5.41, 5.74) is 1.02.